The fourth-order valence-electron chi connectivity index (χ4n) is 2.33. The maximum atomic E-state index is 10.6. The predicted molar refractivity (Wildman–Crippen MR) is 64.3 cm³/mol. The summed E-state index contributed by atoms with van der Waals surface area (Å²) in [6, 6.07) is 6.17. The van der Waals surface area contributed by atoms with Crippen molar-refractivity contribution >= 4 is 5.97 Å². The van der Waals surface area contributed by atoms with E-state index < -0.39 is 5.97 Å². The zero-order chi connectivity index (χ0) is 12.3. The van der Waals surface area contributed by atoms with Gasteiger partial charge >= 0.3 is 5.97 Å². The molecule has 0 amide bonds. The lowest BCUT2D eigenvalue weighted by Crippen LogP contribution is -2.29. The van der Waals surface area contributed by atoms with Gasteiger partial charge in [-0.1, -0.05) is 6.07 Å². The highest BCUT2D eigenvalue weighted by Gasteiger charge is 2.20. The van der Waals surface area contributed by atoms with Gasteiger partial charge in [0.05, 0.1) is 13.7 Å². The van der Waals surface area contributed by atoms with Gasteiger partial charge in [-0.3, -0.25) is 4.79 Å². The fraction of sp³-hybridized carbons (Fsp3) is 0.462. The molecule has 4 nitrogen and oxygen atoms in total. The fourth-order valence-corrected chi connectivity index (χ4v) is 2.33. The van der Waals surface area contributed by atoms with Crippen LogP contribution in [0.1, 0.15) is 30.0 Å². The molecule has 4 heteroatoms. The SMILES string of the molecule is COc1ccc2c(c1)C(NCC(=O)O)CCC2. The highest BCUT2D eigenvalue weighted by molar-refractivity contribution is 5.69. The van der Waals surface area contributed by atoms with Crippen molar-refractivity contribution in [1.82, 2.24) is 5.32 Å². The van der Waals surface area contributed by atoms with Gasteiger partial charge in [-0.05, 0) is 42.5 Å². The van der Waals surface area contributed by atoms with Gasteiger partial charge in [0.15, 0.2) is 0 Å². The molecule has 92 valence electrons. The number of hydrogen-bond donors (Lipinski definition) is 2. The van der Waals surface area contributed by atoms with Crippen molar-refractivity contribution < 1.29 is 14.6 Å². The Morgan fingerprint density at radius 3 is 3.12 bits per heavy atom. The molecule has 2 N–H and O–H groups in total. The predicted octanol–water partition coefficient (Wildman–Crippen LogP) is 1.75. The van der Waals surface area contributed by atoms with Crippen molar-refractivity contribution in [2.24, 2.45) is 0 Å². The Morgan fingerprint density at radius 1 is 1.59 bits per heavy atom. The number of carboxylic acids is 1. The first-order chi connectivity index (χ1) is 8.20. The van der Waals surface area contributed by atoms with E-state index in [1.165, 1.54) is 11.1 Å². The lowest BCUT2D eigenvalue weighted by molar-refractivity contribution is -0.136. The Kier molecular flexibility index (Phi) is 3.64. The summed E-state index contributed by atoms with van der Waals surface area (Å²) < 4.78 is 5.21. The van der Waals surface area contributed by atoms with E-state index in [1.807, 2.05) is 12.1 Å². The summed E-state index contributed by atoms with van der Waals surface area (Å²) in [6.45, 7) is 0.00131. The molecule has 0 saturated carbocycles. The Bertz CT molecular complexity index is 417. The molecule has 0 bridgehead atoms. The maximum Gasteiger partial charge on any atom is 0.317 e. The minimum Gasteiger partial charge on any atom is -0.497 e. The molecule has 0 radical (unpaired) electrons. The maximum absolute atomic E-state index is 10.6. The molecule has 1 aromatic carbocycles. The van der Waals surface area contributed by atoms with E-state index in [4.69, 9.17) is 9.84 Å². The summed E-state index contributed by atoms with van der Waals surface area (Å²) >= 11 is 0. The van der Waals surface area contributed by atoms with Crippen molar-refractivity contribution in [3.05, 3.63) is 29.3 Å². The number of hydrogen-bond acceptors (Lipinski definition) is 3. The van der Waals surface area contributed by atoms with Gasteiger partial charge in [0.25, 0.3) is 0 Å². The molecule has 0 heterocycles. The molecule has 0 aromatic heterocycles. The first kappa shape index (κ1) is 11.9. The van der Waals surface area contributed by atoms with Crippen molar-refractivity contribution in [2.75, 3.05) is 13.7 Å². The molecule has 17 heavy (non-hydrogen) atoms. The molecular weight excluding hydrogens is 218 g/mol. The smallest absolute Gasteiger partial charge is 0.317 e. The van der Waals surface area contributed by atoms with E-state index in [2.05, 4.69) is 11.4 Å². The van der Waals surface area contributed by atoms with Crippen LogP contribution < -0.4 is 10.1 Å². The molecule has 1 aromatic rings. The van der Waals surface area contributed by atoms with Gasteiger partial charge in [0.2, 0.25) is 0 Å². The molecule has 0 spiro atoms. The zero-order valence-electron chi connectivity index (χ0n) is 9.90. The van der Waals surface area contributed by atoms with E-state index in [9.17, 15) is 4.79 Å². The summed E-state index contributed by atoms with van der Waals surface area (Å²) in [7, 11) is 1.64. The number of fused-ring (bicyclic) bond motifs is 1. The van der Waals surface area contributed by atoms with Crippen LogP contribution in [-0.4, -0.2) is 24.7 Å². The average molecular weight is 235 g/mol. The largest absolute Gasteiger partial charge is 0.497 e. The number of aliphatic carboxylic acids is 1. The number of nitrogens with one attached hydrogen (secondary N) is 1. The number of carboxylic acid groups (broad SMARTS) is 1. The van der Waals surface area contributed by atoms with Crippen LogP contribution in [0.15, 0.2) is 18.2 Å². The second kappa shape index (κ2) is 5.19. The number of carbonyl (C=O) groups is 1. The minimum atomic E-state index is -0.819. The highest BCUT2D eigenvalue weighted by atomic mass is 16.5. The minimum absolute atomic E-state index is 0.00131. The van der Waals surface area contributed by atoms with E-state index in [1.54, 1.807) is 7.11 Å². The Morgan fingerprint density at radius 2 is 2.41 bits per heavy atom. The van der Waals surface area contributed by atoms with Gasteiger partial charge in [-0.15, -0.1) is 0 Å². The quantitative estimate of drug-likeness (QED) is 0.834. The van der Waals surface area contributed by atoms with E-state index >= 15 is 0 Å². The third kappa shape index (κ3) is 2.77. The van der Waals surface area contributed by atoms with Crippen molar-refractivity contribution in [1.29, 1.82) is 0 Å². The van der Waals surface area contributed by atoms with Gasteiger partial charge in [0.1, 0.15) is 5.75 Å². The molecule has 1 atom stereocenters. The van der Waals surface area contributed by atoms with Crippen molar-refractivity contribution in [3.63, 3.8) is 0 Å². The summed E-state index contributed by atoms with van der Waals surface area (Å²) in [4.78, 5) is 10.6. The normalized spacial score (nSPS) is 18.5. The van der Waals surface area contributed by atoms with Crippen LogP contribution in [0.4, 0.5) is 0 Å². The molecule has 0 saturated heterocycles. The van der Waals surface area contributed by atoms with Crippen LogP contribution in [0.25, 0.3) is 0 Å². The Balaban J connectivity index is 2.19. The number of aryl methyl sites for hydroxylation is 1. The lowest BCUT2D eigenvalue weighted by Gasteiger charge is -2.26. The van der Waals surface area contributed by atoms with Crippen LogP contribution in [0.5, 0.6) is 5.75 Å². The monoisotopic (exact) mass is 235 g/mol. The molecule has 1 aliphatic rings. The van der Waals surface area contributed by atoms with Crippen LogP contribution in [-0.2, 0) is 11.2 Å². The highest BCUT2D eigenvalue weighted by Crippen LogP contribution is 2.32. The van der Waals surface area contributed by atoms with Crippen LogP contribution in [0.2, 0.25) is 0 Å². The number of methoxy groups -OCH3 is 1. The number of ether oxygens (including phenoxy) is 1. The second-order valence-corrected chi connectivity index (χ2v) is 4.28. The number of benzene rings is 1. The summed E-state index contributed by atoms with van der Waals surface area (Å²) in [5.74, 6) is 0.00722. The molecular formula is C13H17NO3. The Hall–Kier alpha value is -1.55. The topological polar surface area (TPSA) is 58.6 Å². The van der Waals surface area contributed by atoms with E-state index in [0.29, 0.717) is 0 Å². The third-order valence-electron chi connectivity index (χ3n) is 3.17. The second-order valence-electron chi connectivity index (χ2n) is 4.28. The first-order valence-corrected chi connectivity index (χ1v) is 5.82. The van der Waals surface area contributed by atoms with Crippen LogP contribution in [0, 0.1) is 0 Å². The van der Waals surface area contributed by atoms with Crippen LogP contribution >= 0.6 is 0 Å². The standard InChI is InChI=1S/C13H17NO3/c1-17-10-6-5-9-3-2-4-12(11(9)7-10)14-8-13(15)16/h5-7,12,14H,2-4,8H2,1H3,(H,15,16). The van der Waals surface area contributed by atoms with Gasteiger partial charge in [-0.2, -0.15) is 0 Å². The van der Waals surface area contributed by atoms with E-state index in [0.717, 1.165) is 25.0 Å². The molecule has 0 fully saturated rings. The zero-order valence-corrected chi connectivity index (χ0v) is 9.90. The molecule has 2 rings (SSSR count). The summed E-state index contributed by atoms with van der Waals surface area (Å²) in [5.41, 5.74) is 2.47. The average Bonchev–Trinajstić information content (AvgIpc) is 2.35. The lowest BCUT2D eigenvalue weighted by atomic mass is 9.87. The van der Waals surface area contributed by atoms with Gasteiger partial charge in [0, 0.05) is 6.04 Å². The third-order valence-corrected chi connectivity index (χ3v) is 3.17. The number of rotatable bonds is 4. The Labute approximate surface area is 101 Å². The molecule has 1 unspecified atom stereocenters. The molecule has 1 aliphatic carbocycles. The van der Waals surface area contributed by atoms with Gasteiger partial charge in [-0.25, -0.2) is 0 Å². The summed E-state index contributed by atoms with van der Waals surface area (Å²) in [6.07, 6.45) is 3.13. The van der Waals surface area contributed by atoms with E-state index in [-0.39, 0.29) is 12.6 Å². The first-order valence-electron chi connectivity index (χ1n) is 5.82. The van der Waals surface area contributed by atoms with Gasteiger partial charge < -0.3 is 15.2 Å². The van der Waals surface area contributed by atoms with Crippen LogP contribution in [0.3, 0.4) is 0 Å². The molecule has 0 aliphatic heterocycles. The van der Waals surface area contributed by atoms with Crippen molar-refractivity contribution in [3.8, 4) is 5.75 Å². The van der Waals surface area contributed by atoms with Crippen molar-refractivity contribution in [2.45, 2.75) is 25.3 Å². The summed E-state index contributed by atoms with van der Waals surface area (Å²) in [5, 5.41) is 11.8.